The van der Waals surface area contributed by atoms with Crippen LogP contribution in [0.25, 0.3) is 0 Å². The molecule has 2 nitrogen and oxygen atoms in total. The second kappa shape index (κ2) is 5.98. The lowest BCUT2D eigenvalue weighted by atomic mass is 10.0. The average Bonchev–Trinajstić information content (AvgIpc) is 2.75. The van der Waals surface area contributed by atoms with E-state index in [0.29, 0.717) is 6.04 Å². The Labute approximate surface area is 109 Å². The number of thiophene rings is 1. The SMILES string of the molecule is CC(C)CNCCN1CCc2sccc2C1C. The molecule has 0 saturated heterocycles. The second-order valence-electron chi connectivity index (χ2n) is 5.36. The third kappa shape index (κ3) is 3.30. The van der Waals surface area contributed by atoms with Crippen LogP contribution in [0, 0.1) is 5.92 Å². The first-order valence-corrected chi connectivity index (χ1v) is 7.57. The highest BCUT2D eigenvalue weighted by atomic mass is 32.1. The summed E-state index contributed by atoms with van der Waals surface area (Å²) in [5, 5.41) is 5.77. The lowest BCUT2D eigenvalue weighted by Gasteiger charge is -2.33. The molecule has 0 aromatic carbocycles. The van der Waals surface area contributed by atoms with E-state index < -0.39 is 0 Å². The number of hydrogen-bond acceptors (Lipinski definition) is 3. The highest BCUT2D eigenvalue weighted by molar-refractivity contribution is 7.10. The van der Waals surface area contributed by atoms with Crippen molar-refractivity contribution in [3.05, 3.63) is 21.9 Å². The van der Waals surface area contributed by atoms with Crippen molar-refractivity contribution in [3.63, 3.8) is 0 Å². The molecule has 1 unspecified atom stereocenters. The highest BCUT2D eigenvalue weighted by Crippen LogP contribution is 2.32. The zero-order chi connectivity index (χ0) is 12.3. The number of nitrogens with zero attached hydrogens (tertiary/aromatic N) is 1. The maximum Gasteiger partial charge on any atom is 0.0331 e. The van der Waals surface area contributed by atoms with E-state index in [1.807, 2.05) is 11.3 Å². The van der Waals surface area contributed by atoms with Crippen LogP contribution in [-0.2, 0) is 6.42 Å². The summed E-state index contributed by atoms with van der Waals surface area (Å²) in [6.45, 7) is 11.5. The monoisotopic (exact) mass is 252 g/mol. The smallest absolute Gasteiger partial charge is 0.0331 e. The van der Waals surface area contributed by atoms with E-state index in [-0.39, 0.29) is 0 Å². The molecule has 1 atom stereocenters. The van der Waals surface area contributed by atoms with E-state index in [4.69, 9.17) is 0 Å². The van der Waals surface area contributed by atoms with Gasteiger partial charge in [-0.1, -0.05) is 13.8 Å². The van der Waals surface area contributed by atoms with Crippen LogP contribution in [0.15, 0.2) is 11.4 Å². The van der Waals surface area contributed by atoms with Gasteiger partial charge in [-0.15, -0.1) is 11.3 Å². The standard InChI is InChI=1S/C14H24N2S/c1-11(2)10-15-6-8-16-7-4-14-13(12(16)3)5-9-17-14/h5,9,11-12,15H,4,6-8,10H2,1-3H3. The predicted molar refractivity (Wildman–Crippen MR) is 75.7 cm³/mol. The molecule has 0 aliphatic carbocycles. The van der Waals surface area contributed by atoms with Crippen molar-refractivity contribution in [2.45, 2.75) is 33.2 Å². The van der Waals surface area contributed by atoms with Crippen LogP contribution in [0.1, 0.15) is 37.3 Å². The summed E-state index contributed by atoms with van der Waals surface area (Å²) < 4.78 is 0. The van der Waals surface area contributed by atoms with Gasteiger partial charge < -0.3 is 5.32 Å². The maximum atomic E-state index is 3.53. The summed E-state index contributed by atoms with van der Waals surface area (Å²) in [4.78, 5) is 4.20. The Morgan fingerprint density at radius 1 is 1.53 bits per heavy atom. The molecule has 0 saturated carbocycles. The summed E-state index contributed by atoms with van der Waals surface area (Å²) in [7, 11) is 0. The number of fused-ring (bicyclic) bond motifs is 1. The van der Waals surface area contributed by atoms with E-state index in [0.717, 1.165) is 19.0 Å². The Morgan fingerprint density at radius 2 is 2.35 bits per heavy atom. The van der Waals surface area contributed by atoms with E-state index >= 15 is 0 Å². The van der Waals surface area contributed by atoms with Crippen molar-refractivity contribution in [2.24, 2.45) is 5.92 Å². The van der Waals surface area contributed by atoms with Gasteiger partial charge in [-0.2, -0.15) is 0 Å². The van der Waals surface area contributed by atoms with Crippen molar-refractivity contribution >= 4 is 11.3 Å². The summed E-state index contributed by atoms with van der Waals surface area (Å²) in [5.74, 6) is 0.747. The van der Waals surface area contributed by atoms with Gasteiger partial charge in [0.15, 0.2) is 0 Å². The van der Waals surface area contributed by atoms with Crippen molar-refractivity contribution in [1.82, 2.24) is 10.2 Å². The van der Waals surface area contributed by atoms with E-state index in [1.54, 1.807) is 10.4 Å². The Balaban J connectivity index is 1.80. The van der Waals surface area contributed by atoms with Gasteiger partial charge in [-0.3, -0.25) is 4.90 Å². The summed E-state index contributed by atoms with van der Waals surface area (Å²) in [5.41, 5.74) is 1.56. The third-order valence-electron chi connectivity index (χ3n) is 3.53. The van der Waals surface area contributed by atoms with Gasteiger partial charge in [-0.05, 0) is 42.8 Å². The fraction of sp³-hybridized carbons (Fsp3) is 0.714. The zero-order valence-corrected chi connectivity index (χ0v) is 12.0. The average molecular weight is 252 g/mol. The van der Waals surface area contributed by atoms with Crippen LogP contribution in [-0.4, -0.2) is 31.1 Å². The van der Waals surface area contributed by atoms with Crippen LogP contribution >= 0.6 is 11.3 Å². The molecule has 2 rings (SSSR count). The second-order valence-corrected chi connectivity index (χ2v) is 6.36. The molecule has 0 radical (unpaired) electrons. The minimum atomic E-state index is 0.603. The van der Waals surface area contributed by atoms with Gasteiger partial charge in [0.25, 0.3) is 0 Å². The molecule has 96 valence electrons. The number of hydrogen-bond donors (Lipinski definition) is 1. The Bertz CT molecular complexity index is 346. The van der Waals surface area contributed by atoms with Gasteiger partial charge in [0.1, 0.15) is 0 Å². The van der Waals surface area contributed by atoms with Crippen molar-refractivity contribution in [3.8, 4) is 0 Å². The molecule has 1 aromatic heterocycles. The van der Waals surface area contributed by atoms with Crippen molar-refractivity contribution < 1.29 is 0 Å². The Morgan fingerprint density at radius 3 is 3.12 bits per heavy atom. The molecule has 0 bridgehead atoms. The zero-order valence-electron chi connectivity index (χ0n) is 11.2. The van der Waals surface area contributed by atoms with Gasteiger partial charge in [0.2, 0.25) is 0 Å². The van der Waals surface area contributed by atoms with Gasteiger partial charge in [-0.25, -0.2) is 0 Å². The lowest BCUT2D eigenvalue weighted by molar-refractivity contribution is 0.200. The predicted octanol–water partition coefficient (Wildman–Crippen LogP) is 2.91. The minimum absolute atomic E-state index is 0.603. The van der Waals surface area contributed by atoms with E-state index in [9.17, 15) is 0 Å². The van der Waals surface area contributed by atoms with Gasteiger partial charge >= 0.3 is 0 Å². The molecule has 3 heteroatoms. The summed E-state index contributed by atoms with van der Waals surface area (Å²) in [6.07, 6.45) is 1.24. The molecule has 0 amide bonds. The molecular formula is C14H24N2S. The molecule has 1 aliphatic rings. The van der Waals surface area contributed by atoms with Crippen LogP contribution in [0.5, 0.6) is 0 Å². The molecule has 17 heavy (non-hydrogen) atoms. The fourth-order valence-electron chi connectivity index (χ4n) is 2.48. The lowest BCUT2D eigenvalue weighted by Crippen LogP contribution is -2.38. The van der Waals surface area contributed by atoms with Crippen LogP contribution in [0.3, 0.4) is 0 Å². The first-order valence-electron chi connectivity index (χ1n) is 6.69. The molecule has 2 heterocycles. The van der Waals surface area contributed by atoms with E-state index in [2.05, 4.69) is 42.4 Å². The molecule has 0 spiro atoms. The van der Waals surface area contributed by atoms with Gasteiger partial charge in [0.05, 0.1) is 0 Å². The van der Waals surface area contributed by atoms with Crippen LogP contribution in [0.4, 0.5) is 0 Å². The maximum absolute atomic E-state index is 3.53. The molecule has 1 aromatic rings. The fourth-order valence-corrected chi connectivity index (χ4v) is 3.44. The number of nitrogens with one attached hydrogen (secondary N) is 1. The van der Waals surface area contributed by atoms with Crippen molar-refractivity contribution in [2.75, 3.05) is 26.2 Å². The first-order chi connectivity index (χ1) is 8.18. The summed E-state index contributed by atoms with van der Waals surface area (Å²) >= 11 is 1.92. The molecule has 1 N–H and O–H groups in total. The normalized spacial score (nSPS) is 20.8. The molecule has 1 aliphatic heterocycles. The quantitative estimate of drug-likeness (QED) is 0.811. The molecular weight excluding hydrogens is 228 g/mol. The third-order valence-corrected chi connectivity index (χ3v) is 4.53. The summed E-state index contributed by atoms with van der Waals surface area (Å²) in [6, 6.07) is 2.91. The Hall–Kier alpha value is -0.380. The highest BCUT2D eigenvalue weighted by Gasteiger charge is 2.23. The first kappa shape index (κ1) is 13.1. The molecule has 0 fully saturated rings. The van der Waals surface area contributed by atoms with Gasteiger partial charge in [0, 0.05) is 30.6 Å². The van der Waals surface area contributed by atoms with Crippen molar-refractivity contribution in [1.29, 1.82) is 0 Å². The van der Waals surface area contributed by atoms with Crippen LogP contribution in [0.2, 0.25) is 0 Å². The van der Waals surface area contributed by atoms with Crippen LogP contribution < -0.4 is 5.32 Å². The van der Waals surface area contributed by atoms with E-state index in [1.165, 1.54) is 19.5 Å². The number of rotatable bonds is 5. The minimum Gasteiger partial charge on any atom is -0.315 e. The topological polar surface area (TPSA) is 15.3 Å². The Kier molecular flexibility index (Phi) is 4.60. The largest absolute Gasteiger partial charge is 0.315 e.